The predicted octanol–water partition coefficient (Wildman–Crippen LogP) is 4.89. The highest BCUT2D eigenvalue weighted by molar-refractivity contribution is 6.07. The maximum Gasteiger partial charge on any atom is 0.293 e. The Morgan fingerprint density at radius 1 is 1.06 bits per heavy atom. The number of fused-ring (bicyclic) bond motifs is 2. The van der Waals surface area contributed by atoms with Crippen molar-refractivity contribution in [2.45, 2.75) is 13.0 Å². The van der Waals surface area contributed by atoms with Crippen LogP contribution in [0.5, 0.6) is 0 Å². The highest BCUT2D eigenvalue weighted by atomic mass is 16.6. The lowest BCUT2D eigenvalue weighted by molar-refractivity contribution is -0.383. The molecule has 2 N–H and O–H groups in total. The molecule has 5 rings (SSSR count). The summed E-state index contributed by atoms with van der Waals surface area (Å²) in [6.07, 6.45) is 1.01. The van der Waals surface area contributed by atoms with Crippen LogP contribution in [0.4, 0.5) is 17.1 Å². The first kappa shape index (κ1) is 18.9. The first-order valence-electron chi connectivity index (χ1n) is 10.1. The van der Waals surface area contributed by atoms with Gasteiger partial charge < -0.3 is 15.2 Å². The van der Waals surface area contributed by atoms with Crippen LogP contribution in [0.25, 0.3) is 10.9 Å². The molecule has 0 bridgehead atoms. The molecule has 3 aromatic carbocycles. The largest absolute Gasteiger partial charge is 0.367 e. The summed E-state index contributed by atoms with van der Waals surface area (Å²) >= 11 is 0. The minimum Gasteiger partial charge on any atom is -0.367 e. The lowest BCUT2D eigenvalue weighted by Crippen LogP contribution is -2.21. The summed E-state index contributed by atoms with van der Waals surface area (Å²) in [5.74, 6) is -0.334. The number of carbonyl (C=O) groups excluding carboxylic acids is 1. The van der Waals surface area contributed by atoms with Crippen molar-refractivity contribution in [1.82, 2.24) is 4.98 Å². The molecule has 4 aromatic rings. The zero-order valence-corrected chi connectivity index (χ0v) is 16.7. The molecule has 1 amide bonds. The molecule has 7 heteroatoms. The third-order valence-corrected chi connectivity index (χ3v) is 5.69. The van der Waals surface area contributed by atoms with Crippen molar-refractivity contribution in [3.8, 4) is 0 Å². The van der Waals surface area contributed by atoms with Gasteiger partial charge in [0.25, 0.3) is 11.6 Å². The van der Waals surface area contributed by atoms with Crippen LogP contribution < -0.4 is 10.2 Å². The molecule has 1 aromatic heterocycles. The predicted molar refractivity (Wildman–Crippen MR) is 121 cm³/mol. The smallest absolute Gasteiger partial charge is 0.293 e. The Morgan fingerprint density at radius 2 is 1.87 bits per heavy atom. The summed E-state index contributed by atoms with van der Waals surface area (Å²) in [4.78, 5) is 29.0. The van der Waals surface area contributed by atoms with E-state index in [9.17, 15) is 14.9 Å². The third kappa shape index (κ3) is 3.50. The molecule has 0 aliphatic carbocycles. The van der Waals surface area contributed by atoms with Crippen LogP contribution >= 0.6 is 0 Å². The second kappa shape index (κ2) is 7.60. The number of hydrogen-bond acceptors (Lipinski definition) is 4. The van der Waals surface area contributed by atoms with E-state index in [0.29, 0.717) is 17.4 Å². The molecular formula is C24H20N4O3. The van der Waals surface area contributed by atoms with Gasteiger partial charge in [0, 0.05) is 35.9 Å². The fraction of sp³-hybridized carbons (Fsp3) is 0.125. The normalized spacial score (nSPS) is 12.7. The summed E-state index contributed by atoms with van der Waals surface area (Å²) in [7, 11) is 0. The van der Waals surface area contributed by atoms with Crippen molar-refractivity contribution in [2.75, 3.05) is 16.8 Å². The van der Waals surface area contributed by atoms with Crippen LogP contribution in [0.3, 0.4) is 0 Å². The number of nitrogens with one attached hydrogen (secondary N) is 2. The number of hydrogen-bond donors (Lipinski definition) is 2. The molecule has 0 saturated carbocycles. The van der Waals surface area contributed by atoms with E-state index in [4.69, 9.17) is 0 Å². The van der Waals surface area contributed by atoms with Crippen molar-refractivity contribution in [2.24, 2.45) is 0 Å². The number of aromatic nitrogens is 1. The van der Waals surface area contributed by atoms with Gasteiger partial charge in [-0.3, -0.25) is 14.9 Å². The number of nitro benzene ring substituents is 1. The molecule has 31 heavy (non-hydrogen) atoms. The van der Waals surface area contributed by atoms with Gasteiger partial charge in [-0.2, -0.15) is 0 Å². The summed E-state index contributed by atoms with van der Waals surface area (Å²) in [5.41, 5.74) is 4.88. The van der Waals surface area contributed by atoms with Crippen LogP contribution in [0.1, 0.15) is 21.6 Å². The molecular weight excluding hydrogens is 392 g/mol. The van der Waals surface area contributed by atoms with Gasteiger partial charge in [-0.1, -0.05) is 48.5 Å². The molecule has 0 unspecified atom stereocenters. The number of rotatable bonds is 5. The minimum atomic E-state index is -0.455. The number of aromatic amines is 1. The number of carbonyl (C=O) groups is 1. The number of benzene rings is 3. The fourth-order valence-corrected chi connectivity index (χ4v) is 4.16. The lowest BCUT2D eigenvalue weighted by atomic mass is 10.1. The standard InChI is InChI=1S/C24H20N4O3/c29-24(20-14-17-8-5-11-22(28(30)31)23(17)25-20)26-19-9-3-1-7-18(19)15-27-13-12-16-6-2-4-10-21(16)27/h1-11,14,25H,12-13,15H2,(H,26,29). The average molecular weight is 412 g/mol. The van der Waals surface area contributed by atoms with Crippen LogP contribution in [-0.4, -0.2) is 22.4 Å². The summed E-state index contributed by atoms with van der Waals surface area (Å²) in [6.45, 7) is 1.62. The number of amides is 1. The maximum atomic E-state index is 12.9. The first-order valence-corrected chi connectivity index (χ1v) is 10.1. The van der Waals surface area contributed by atoms with Gasteiger partial charge in [0.05, 0.1) is 4.92 Å². The Hall–Kier alpha value is -4.13. The number of nitro groups is 1. The lowest BCUT2D eigenvalue weighted by Gasteiger charge is -2.21. The molecule has 0 spiro atoms. The Balaban J connectivity index is 1.40. The van der Waals surface area contributed by atoms with Crippen LogP contribution in [0.2, 0.25) is 0 Å². The molecule has 0 atom stereocenters. The zero-order valence-electron chi connectivity index (χ0n) is 16.7. The van der Waals surface area contributed by atoms with Gasteiger partial charge in [0.2, 0.25) is 0 Å². The zero-order chi connectivity index (χ0) is 21.4. The van der Waals surface area contributed by atoms with Gasteiger partial charge in [-0.25, -0.2) is 0 Å². The Labute approximate surface area is 178 Å². The molecule has 0 fully saturated rings. The third-order valence-electron chi connectivity index (χ3n) is 5.69. The number of anilines is 2. The highest BCUT2D eigenvalue weighted by Gasteiger charge is 2.21. The van der Waals surface area contributed by atoms with Crippen molar-refractivity contribution < 1.29 is 9.72 Å². The van der Waals surface area contributed by atoms with Gasteiger partial charge in [0.15, 0.2) is 0 Å². The molecule has 0 saturated heterocycles. The SMILES string of the molecule is O=C(Nc1ccccc1CN1CCc2ccccc21)c1cc2cccc([N+](=O)[O-])c2[nH]1. The van der Waals surface area contributed by atoms with Gasteiger partial charge in [-0.05, 0) is 35.7 Å². The number of nitrogens with zero attached hydrogens (tertiary/aromatic N) is 2. The van der Waals surface area contributed by atoms with E-state index in [1.54, 1.807) is 18.2 Å². The van der Waals surface area contributed by atoms with Crippen LogP contribution in [0.15, 0.2) is 72.8 Å². The number of para-hydroxylation sites is 3. The Morgan fingerprint density at radius 3 is 2.74 bits per heavy atom. The van der Waals surface area contributed by atoms with Crippen LogP contribution in [0, 0.1) is 10.1 Å². The highest BCUT2D eigenvalue weighted by Crippen LogP contribution is 2.31. The second-order valence-corrected chi connectivity index (χ2v) is 7.59. The van der Waals surface area contributed by atoms with Gasteiger partial charge in [0.1, 0.15) is 11.2 Å². The van der Waals surface area contributed by atoms with E-state index in [0.717, 1.165) is 24.2 Å². The minimum absolute atomic E-state index is 0.0513. The molecule has 2 heterocycles. The number of H-pyrrole nitrogens is 1. The van der Waals surface area contributed by atoms with Crippen LogP contribution in [-0.2, 0) is 13.0 Å². The van der Waals surface area contributed by atoms with E-state index < -0.39 is 4.92 Å². The van der Waals surface area contributed by atoms with Crippen molar-refractivity contribution in [1.29, 1.82) is 0 Å². The molecule has 0 radical (unpaired) electrons. The monoisotopic (exact) mass is 412 g/mol. The average Bonchev–Trinajstić information content (AvgIpc) is 3.39. The molecule has 1 aliphatic rings. The van der Waals surface area contributed by atoms with Crippen molar-refractivity contribution in [3.63, 3.8) is 0 Å². The Bertz CT molecular complexity index is 1310. The van der Waals surface area contributed by atoms with E-state index in [2.05, 4.69) is 33.4 Å². The fourth-order valence-electron chi connectivity index (χ4n) is 4.16. The quantitative estimate of drug-likeness (QED) is 0.361. The van der Waals surface area contributed by atoms with E-state index in [1.165, 1.54) is 17.3 Å². The van der Waals surface area contributed by atoms with E-state index in [-0.39, 0.29) is 17.3 Å². The number of non-ortho nitro benzene ring substituents is 1. The summed E-state index contributed by atoms with van der Waals surface area (Å²) < 4.78 is 0. The molecule has 1 aliphatic heterocycles. The van der Waals surface area contributed by atoms with Gasteiger partial charge in [-0.15, -0.1) is 0 Å². The van der Waals surface area contributed by atoms with Crippen molar-refractivity contribution >= 4 is 33.9 Å². The van der Waals surface area contributed by atoms with Crippen molar-refractivity contribution in [3.05, 3.63) is 99.7 Å². The maximum absolute atomic E-state index is 12.9. The summed E-state index contributed by atoms with van der Waals surface area (Å²) in [6, 6.07) is 22.5. The Kier molecular flexibility index (Phi) is 4.63. The summed E-state index contributed by atoms with van der Waals surface area (Å²) in [5, 5.41) is 14.9. The topological polar surface area (TPSA) is 91.3 Å². The molecule has 154 valence electrons. The van der Waals surface area contributed by atoms with E-state index in [1.807, 2.05) is 30.3 Å². The first-order chi connectivity index (χ1) is 15.1. The second-order valence-electron chi connectivity index (χ2n) is 7.59. The van der Waals surface area contributed by atoms with E-state index >= 15 is 0 Å². The molecule has 7 nitrogen and oxygen atoms in total. The van der Waals surface area contributed by atoms with Gasteiger partial charge >= 0.3 is 0 Å².